The highest BCUT2D eigenvalue weighted by Crippen LogP contribution is 2.52. The van der Waals surface area contributed by atoms with Gasteiger partial charge in [-0.3, -0.25) is 14.4 Å². The Labute approximate surface area is 90.4 Å². The van der Waals surface area contributed by atoms with Crippen molar-refractivity contribution < 1.29 is 24.3 Å². The maximum atomic E-state index is 11.8. The molecule has 1 aliphatic heterocycles. The lowest BCUT2D eigenvalue weighted by Gasteiger charge is -2.13. The molecule has 1 N–H and O–H groups in total. The number of nitrogens with zero attached hydrogens (tertiary/aromatic N) is 1. The van der Waals surface area contributed by atoms with Crippen molar-refractivity contribution in [1.82, 2.24) is 5.06 Å². The van der Waals surface area contributed by atoms with E-state index in [1.165, 1.54) is 0 Å². The van der Waals surface area contributed by atoms with E-state index in [1.54, 1.807) is 0 Å². The van der Waals surface area contributed by atoms with Crippen molar-refractivity contribution in [3.8, 4) is 0 Å². The molecule has 6 nitrogen and oxygen atoms in total. The molecule has 1 heterocycles. The third-order valence-corrected chi connectivity index (χ3v) is 3.60. The first-order chi connectivity index (χ1) is 7.59. The number of imide groups is 1. The van der Waals surface area contributed by atoms with Gasteiger partial charge in [0.05, 0.1) is 11.8 Å². The number of carbonyl (C=O) groups excluding carboxylic acids is 2. The zero-order valence-electron chi connectivity index (χ0n) is 8.20. The van der Waals surface area contributed by atoms with Crippen molar-refractivity contribution in [1.29, 1.82) is 0 Å². The predicted octanol–water partition coefficient (Wildman–Crippen LogP) is 0.403. The number of fused-ring (bicyclic) bond motifs is 5. The molecule has 2 aliphatic carbocycles. The number of hydrogen-bond donors (Lipinski definition) is 1. The van der Waals surface area contributed by atoms with Gasteiger partial charge in [-0.1, -0.05) is 17.2 Å². The molecule has 1 saturated heterocycles. The van der Waals surface area contributed by atoms with E-state index in [0.29, 0.717) is 5.06 Å². The predicted molar refractivity (Wildman–Crippen MR) is 48.7 cm³/mol. The van der Waals surface area contributed by atoms with Crippen LogP contribution in [0.5, 0.6) is 0 Å². The van der Waals surface area contributed by atoms with Crippen LogP contribution in [-0.2, 0) is 14.4 Å². The first-order valence-corrected chi connectivity index (χ1v) is 5.06. The van der Waals surface area contributed by atoms with Gasteiger partial charge < -0.3 is 5.11 Å². The molecule has 3 aliphatic rings. The lowest BCUT2D eigenvalue weighted by molar-refractivity contribution is -0.178. The first-order valence-electron chi connectivity index (χ1n) is 5.06. The van der Waals surface area contributed by atoms with Gasteiger partial charge in [-0.05, 0) is 18.3 Å². The summed E-state index contributed by atoms with van der Waals surface area (Å²) in [6.45, 7) is 0. The van der Waals surface area contributed by atoms with Gasteiger partial charge in [0, 0.05) is 0 Å². The second kappa shape index (κ2) is 2.84. The van der Waals surface area contributed by atoms with Crippen LogP contribution in [0.2, 0.25) is 0 Å². The molecule has 0 aromatic carbocycles. The number of carbonyl (C=O) groups is 3. The highest BCUT2D eigenvalue weighted by Gasteiger charge is 2.60. The van der Waals surface area contributed by atoms with Crippen LogP contribution < -0.4 is 0 Å². The van der Waals surface area contributed by atoms with Gasteiger partial charge >= 0.3 is 6.16 Å². The van der Waals surface area contributed by atoms with Gasteiger partial charge in [0.25, 0.3) is 11.8 Å². The van der Waals surface area contributed by atoms with Crippen LogP contribution in [-0.4, -0.2) is 28.1 Å². The average Bonchev–Trinajstić information content (AvgIpc) is 2.87. The smallest absolute Gasteiger partial charge is 0.448 e. The van der Waals surface area contributed by atoms with Crippen molar-refractivity contribution in [2.75, 3.05) is 0 Å². The summed E-state index contributed by atoms with van der Waals surface area (Å²) in [5, 5.41) is 8.84. The Hall–Kier alpha value is -1.85. The van der Waals surface area contributed by atoms with Crippen LogP contribution in [0.15, 0.2) is 12.2 Å². The largest absolute Gasteiger partial charge is 0.531 e. The SMILES string of the molecule is O=C(O)ON1C(=O)C2C(C1=O)[C@H]1C=C[C@@H]2C1. The molecule has 84 valence electrons. The van der Waals surface area contributed by atoms with E-state index in [2.05, 4.69) is 4.84 Å². The molecule has 2 unspecified atom stereocenters. The van der Waals surface area contributed by atoms with Crippen LogP contribution in [0.4, 0.5) is 4.79 Å². The summed E-state index contributed by atoms with van der Waals surface area (Å²) in [6, 6.07) is 0. The first kappa shape index (κ1) is 9.38. The van der Waals surface area contributed by atoms with Crippen LogP contribution in [0.3, 0.4) is 0 Å². The van der Waals surface area contributed by atoms with E-state index in [-0.39, 0.29) is 11.8 Å². The van der Waals surface area contributed by atoms with E-state index < -0.39 is 29.8 Å². The van der Waals surface area contributed by atoms with Gasteiger partial charge in [-0.2, -0.15) is 0 Å². The maximum absolute atomic E-state index is 11.8. The van der Waals surface area contributed by atoms with E-state index in [4.69, 9.17) is 5.11 Å². The standard InChI is InChI=1S/C10H9NO5/c12-8-6-4-1-2-5(3-4)7(6)9(13)11(8)16-10(14)15/h1-2,4-7H,3H2,(H,14,15)/t4-,5+,6?,7?. The van der Waals surface area contributed by atoms with Gasteiger partial charge in [-0.15, -0.1) is 0 Å². The van der Waals surface area contributed by atoms with E-state index in [9.17, 15) is 14.4 Å². The monoisotopic (exact) mass is 223 g/mol. The molecule has 2 fully saturated rings. The number of hydroxylamine groups is 2. The minimum atomic E-state index is -1.64. The van der Waals surface area contributed by atoms with Crippen molar-refractivity contribution in [3.05, 3.63) is 12.2 Å². The minimum Gasteiger partial charge on any atom is -0.448 e. The Morgan fingerprint density at radius 3 is 2.19 bits per heavy atom. The molecule has 16 heavy (non-hydrogen) atoms. The molecule has 6 heteroatoms. The highest BCUT2D eigenvalue weighted by molar-refractivity contribution is 6.05. The summed E-state index contributed by atoms with van der Waals surface area (Å²) in [5.74, 6) is -1.74. The summed E-state index contributed by atoms with van der Waals surface area (Å²) < 4.78 is 0. The fourth-order valence-electron chi connectivity index (χ4n) is 3.04. The topological polar surface area (TPSA) is 83.9 Å². The van der Waals surface area contributed by atoms with E-state index in [0.717, 1.165) is 6.42 Å². The van der Waals surface area contributed by atoms with Crippen LogP contribution in [0.25, 0.3) is 0 Å². The summed E-state index contributed by atoms with van der Waals surface area (Å²) in [6.07, 6.45) is 3.04. The number of rotatable bonds is 1. The third-order valence-electron chi connectivity index (χ3n) is 3.60. The summed E-state index contributed by atoms with van der Waals surface area (Å²) >= 11 is 0. The zero-order chi connectivity index (χ0) is 11.4. The van der Waals surface area contributed by atoms with E-state index in [1.807, 2.05) is 12.2 Å². The Bertz CT molecular complexity index is 399. The van der Waals surface area contributed by atoms with Crippen LogP contribution in [0.1, 0.15) is 6.42 Å². The van der Waals surface area contributed by atoms with E-state index >= 15 is 0 Å². The molecule has 1 saturated carbocycles. The van der Waals surface area contributed by atoms with Gasteiger partial charge in [-0.25, -0.2) is 4.79 Å². The molecule has 2 amide bonds. The molecule has 0 aromatic heterocycles. The van der Waals surface area contributed by atoms with Gasteiger partial charge in [0.1, 0.15) is 0 Å². The number of allylic oxidation sites excluding steroid dienone is 2. The summed E-state index contributed by atoms with van der Waals surface area (Å²) in [7, 11) is 0. The Morgan fingerprint density at radius 2 is 1.75 bits per heavy atom. The fraction of sp³-hybridized carbons (Fsp3) is 0.500. The average molecular weight is 223 g/mol. The number of amides is 2. The molecule has 4 atom stereocenters. The molecule has 0 aromatic rings. The second-order valence-corrected chi connectivity index (χ2v) is 4.33. The third kappa shape index (κ3) is 0.986. The Kier molecular flexibility index (Phi) is 1.66. The zero-order valence-corrected chi connectivity index (χ0v) is 8.20. The Morgan fingerprint density at radius 1 is 1.25 bits per heavy atom. The van der Waals surface area contributed by atoms with Crippen molar-refractivity contribution in [2.45, 2.75) is 6.42 Å². The van der Waals surface area contributed by atoms with Crippen molar-refractivity contribution in [2.24, 2.45) is 23.7 Å². The van der Waals surface area contributed by atoms with Crippen molar-refractivity contribution >= 4 is 18.0 Å². The lowest BCUT2D eigenvalue weighted by Crippen LogP contribution is -2.34. The highest BCUT2D eigenvalue weighted by atomic mass is 16.8. The van der Waals surface area contributed by atoms with Gasteiger partial charge in [0.15, 0.2) is 0 Å². The normalized spacial score (nSPS) is 39.4. The number of carboxylic acid groups (broad SMARTS) is 1. The summed E-state index contributed by atoms with van der Waals surface area (Å²) in [5.41, 5.74) is 0. The Balaban J connectivity index is 1.91. The van der Waals surface area contributed by atoms with Crippen molar-refractivity contribution in [3.63, 3.8) is 0 Å². The molecule has 0 radical (unpaired) electrons. The molecule has 3 rings (SSSR count). The molecule has 2 bridgehead atoms. The molecule has 0 spiro atoms. The lowest BCUT2D eigenvalue weighted by atomic mass is 9.85. The van der Waals surface area contributed by atoms with Gasteiger partial charge in [0.2, 0.25) is 0 Å². The fourth-order valence-corrected chi connectivity index (χ4v) is 3.04. The molecular weight excluding hydrogens is 214 g/mol. The van der Waals surface area contributed by atoms with Crippen LogP contribution in [0, 0.1) is 23.7 Å². The number of hydrogen-bond acceptors (Lipinski definition) is 4. The molecular formula is C10H9NO5. The maximum Gasteiger partial charge on any atom is 0.531 e. The summed E-state index contributed by atoms with van der Waals surface area (Å²) in [4.78, 5) is 38.2. The quantitative estimate of drug-likeness (QED) is 0.514. The minimum absolute atomic E-state index is 0.0637. The van der Waals surface area contributed by atoms with Crippen LogP contribution >= 0.6 is 0 Å². The second-order valence-electron chi connectivity index (χ2n) is 4.33.